The molecule has 0 unspecified atom stereocenters. The maximum Gasteiger partial charge on any atom is 0.290 e. The largest absolute Gasteiger partial charge is 0.350 e. The first kappa shape index (κ1) is 18.2. The van der Waals surface area contributed by atoms with Gasteiger partial charge in [0.1, 0.15) is 18.3 Å². The van der Waals surface area contributed by atoms with Crippen LogP contribution < -0.4 is 10.6 Å². The second-order valence-electron chi connectivity index (χ2n) is 5.97. The summed E-state index contributed by atoms with van der Waals surface area (Å²) in [7, 11) is 0. The van der Waals surface area contributed by atoms with Crippen molar-refractivity contribution in [2.75, 3.05) is 6.54 Å². The van der Waals surface area contributed by atoms with Gasteiger partial charge in [-0.3, -0.25) is 9.59 Å². The van der Waals surface area contributed by atoms with Crippen LogP contribution in [-0.4, -0.2) is 29.6 Å². The topological polar surface area (TPSA) is 108 Å². The summed E-state index contributed by atoms with van der Waals surface area (Å²) < 4.78 is 5.10. The van der Waals surface area contributed by atoms with Crippen LogP contribution in [0.5, 0.6) is 0 Å². The number of benzene rings is 1. The highest BCUT2D eigenvalue weighted by molar-refractivity contribution is 5.96. The Morgan fingerprint density at radius 2 is 2.00 bits per heavy atom. The van der Waals surface area contributed by atoms with Gasteiger partial charge in [0, 0.05) is 11.6 Å². The third kappa shape index (κ3) is 5.18. The van der Waals surface area contributed by atoms with E-state index >= 15 is 0 Å². The lowest BCUT2D eigenvalue weighted by atomic mass is 10.0. The smallest absolute Gasteiger partial charge is 0.290 e. The van der Waals surface area contributed by atoms with Crippen molar-refractivity contribution < 1.29 is 14.1 Å². The summed E-state index contributed by atoms with van der Waals surface area (Å²) in [5.41, 5.74) is 1.37. The zero-order chi connectivity index (χ0) is 18.2. The molecule has 0 bridgehead atoms. The number of carbonyl (C=O) groups is 2. The number of carbonyl (C=O) groups excluding carboxylic acids is 2. The third-order valence-electron chi connectivity index (χ3n) is 3.47. The Labute approximate surface area is 146 Å². The van der Waals surface area contributed by atoms with Crippen molar-refractivity contribution in [3.05, 3.63) is 42.2 Å². The van der Waals surface area contributed by atoms with E-state index in [9.17, 15) is 9.59 Å². The fourth-order valence-corrected chi connectivity index (χ4v) is 2.31. The number of hydrogen-bond donors (Lipinski definition) is 2. The first-order valence-electron chi connectivity index (χ1n) is 7.99. The van der Waals surface area contributed by atoms with Crippen LogP contribution in [0.2, 0.25) is 0 Å². The SMILES string of the molecule is CC(C)C[C@H](NC(=O)c1cc(-c2ccccc2)no1)C(=O)NCC#N. The molecule has 0 radical (unpaired) electrons. The number of nitrogens with zero attached hydrogens (tertiary/aromatic N) is 2. The number of aromatic nitrogens is 1. The van der Waals surface area contributed by atoms with Crippen molar-refractivity contribution in [2.24, 2.45) is 5.92 Å². The standard InChI is InChI=1S/C18H20N4O3/c1-12(2)10-15(17(23)20-9-8-19)21-18(24)16-11-14(22-25-16)13-6-4-3-5-7-13/h3-7,11-12,15H,9-10H2,1-2H3,(H,20,23)(H,21,24)/t15-/m0/s1. The van der Waals surface area contributed by atoms with Gasteiger partial charge >= 0.3 is 0 Å². The summed E-state index contributed by atoms with van der Waals surface area (Å²) in [5.74, 6) is -0.702. The first-order valence-corrected chi connectivity index (χ1v) is 7.99. The molecule has 7 nitrogen and oxygen atoms in total. The molecule has 0 aliphatic carbocycles. The van der Waals surface area contributed by atoms with Gasteiger partial charge in [-0.25, -0.2) is 0 Å². The second kappa shape index (κ2) is 8.64. The van der Waals surface area contributed by atoms with Gasteiger partial charge in [0.2, 0.25) is 11.7 Å². The lowest BCUT2D eigenvalue weighted by Gasteiger charge is -2.18. The molecule has 2 amide bonds. The van der Waals surface area contributed by atoms with Gasteiger partial charge in [-0.15, -0.1) is 0 Å². The van der Waals surface area contributed by atoms with E-state index in [0.29, 0.717) is 12.1 Å². The molecule has 1 aromatic heterocycles. The zero-order valence-corrected chi connectivity index (χ0v) is 14.2. The van der Waals surface area contributed by atoms with E-state index in [-0.39, 0.29) is 18.2 Å². The quantitative estimate of drug-likeness (QED) is 0.751. The molecule has 7 heteroatoms. The molecule has 0 saturated heterocycles. The zero-order valence-electron chi connectivity index (χ0n) is 14.2. The van der Waals surface area contributed by atoms with Crippen LogP contribution in [0.4, 0.5) is 0 Å². The van der Waals surface area contributed by atoms with E-state index in [2.05, 4.69) is 15.8 Å². The van der Waals surface area contributed by atoms with E-state index in [4.69, 9.17) is 9.78 Å². The molecular formula is C18H20N4O3. The lowest BCUT2D eigenvalue weighted by molar-refractivity contribution is -0.123. The fourth-order valence-electron chi connectivity index (χ4n) is 2.31. The van der Waals surface area contributed by atoms with Gasteiger partial charge in [0.05, 0.1) is 6.07 Å². The molecule has 0 fully saturated rings. The molecule has 0 aliphatic heterocycles. The van der Waals surface area contributed by atoms with E-state index in [0.717, 1.165) is 5.56 Å². The maximum absolute atomic E-state index is 12.4. The van der Waals surface area contributed by atoms with Gasteiger partial charge in [-0.05, 0) is 12.3 Å². The van der Waals surface area contributed by atoms with Crippen molar-refractivity contribution in [3.8, 4) is 17.3 Å². The van der Waals surface area contributed by atoms with Gasteiger partial charge in [0.15, 0.2) is 0 Å². The van der Waals surface area contributed by atoms with Crippen LogP contribution in [0.3, 0.4) is 0 Å². The molecule has 1 atom stereocenters. The van der Waals surface area contributed by atoms with Crippen LogP contribution in [0.15, 0.2) is 40.9 Å². The molecule has 1 heterocycles. The Kier molecular flexibility index (Phi) is 6.29. The summed E-state index contributed by atoms with van der Waals surface area (Å²) in [6, 6.07) is 12.0. The highest BCUT2D eigenvalue weighted by Crippen LogP contribution is 2.18. The van der Waals surface area contributed by atoms with Gasteiger partial charge < -0.3 is 15.2 Å². The minimum absolute atomic E-state index is 0.0284. The fraction of sp³-hybridized carbons (Fsp3) is 0.333. The van der Waals surface area contributed by atoms with E-state index < -0.39 is 17.9 Å². The van der Waals surface area contributed by atoms with Crippen molar-refractivity contribution >= 4 is 11.8 Å². The van der Waals surface area contributed by atoms with Gasteiger partial charge in [0.25, 0.3) is 5.91 Å². The van der Waals surface area contributed by atoms with Crippen molar-refractivity contribution in [1.29, 1.82) is 5.26 Å². The number of nitriles is 1. The Hall–Kier alpha value is -3.14. The molecule has 0 saturated carbocycles. The second-order valence-corrected chi connectivity index (χ2v) is 5.97. The van der Waals surface area contributed by atoms with Crippen LogP contribution in [0.25, 0.3) is 11.3 Å². The van der Waals surface area contributed by atoms with E-state index in [1.807, 2.05) is 50.2 Å². The average Bonchev–Trinajstić information content (AvgIpc) is 3.09. The molecule has 25 heavy (non-hydrogen) atoms. The summed E-state index contributed by atoms with van der Waals surface area (Å²) in [4.78, 5) is 24.5. The minimum atomic E-state index is -0.744. The summed E-state index contributed by atoms with van der Waals surface area (Å²) in [5, 5.41) is 17.6. The first-order chi connectivity index (χ1) is 12.0. The monoisotopic (exact) mass is 340 g/mol. The van der Waals surface area contributed by atoms with Crippen LogP contribution in [-0.2, 0) is 4.79 Å². The normalized spacial score (nSPS) is 11.6. The Bertz CT molecular complexity index is 762. The Morgan fingerprint density at radius 1 is 1.28 bits per heavy atom. The van der Waals surface area contributed by atoms with Gasteiger partial charge in [-0.1, -0.05) is 49.3 Å². The predicted octanol–water partition coefficient (Wildman–Crippen LogP) is 2.13. The molecule has 130 valence electrons. The average molecular weight is 340 g/mol. The van der Waals surface area contributed by atoms with Crippen LogP contribution in [0.1, 0.15) is 30.8 Å². The lowest BCUT2D eigenvalue weighted by Crippen LogP contribution is -2.47. The number of amides is 2. The van der Waals surface area contributed by atoms with Crippen molar-refractivity contribution in [1.82, 2.24) is 15.8 Å². The van der Waals surface area contributed by atoms with Crippen LogP contribution >= 0.6 is 0 Å². The van der Waals surface area contributed by atoms with Crippen molar-refractivity contribution in [2.45, 2.75) is 26.3 Å². The number of nitrogens with one attached hydrogen (secondary N) is 2. The molecule has 2 aromatic rings. The third-order valence-corrected chi connectivity index (χ3v) is 3.47. The summed E-state index contributed by atoms with van der Waals surface area (Å²) in [6.45, 7) is 3.78. The number of rotatable bonds is 7. The van der Waals surface area contributed by atoms with Gasteiger partial charge in [-0.2, -0.15) is 5.26 Å². The minimum Gasteiger partial charge on any atom is -0.350 e. The summed E-state index contributed by atoms with van der Waals surface area (Å²) >= 11 is 0. The predicted molar refractivity (Wildman–Crippen MR) is 91.3 cm³/mol. The molecule has 0 spiro atoms. The van der Waals surface area contributed by atoms with Crippen LogP contribution in [0, 0.1) is 17.2 Å². The molecular weight excluding hydrogens is 320 g/mol. The Morgan fingerprint density at radius 3 is 2.64 bits per heavy atom. The maximum atomic E-state index is 12.4. The molecule has 0 aliphatic rings. The molecule has 1 aromatic carbocycles. The van der Waals surface area contributed by atoms with Crippen molar-refractivity contribution in [3.63, 3.8) is 0 Å². The molecule has 2 rings (SSSR count). The highest BCUT2D eigenvalue weighted by atomic mass is 16.5. The summed E-state index contributed by atoms with van der Waals surface area (Å²) in [6.07, 6.45) is 0.447. The van der Waals surface area contributed by atoms with E-state index in [1.54, 1.807) is 0 Å². The Balaban J connectivity index is 2.09. The van der Waals surface area contributed by atoms with E-state index in [1.165, 1.54) is 6.07 Å². The highest BCUT2D eigenvalue weighted by Gasteiger charge is 2.24. The number of hydrogen-bond acceptors (Lipinski definition) is 5. The molecule has 2 N–H and O–H groups in total.